The van der Waals surface area contributed by atoms with Gasteiger partial charge in [-0.05, 0) is 82.4 Å². The number of carboxylic acid groups (broad SMARTS) is 1. The molecule has 176 valence electrons. The largest absolute Gasteiger partial charge is 0.480 e. The van der Waals surface area contributed by atoms with Crippen LogP contribution in [0.1, 0.15) is 65.4 Å². The van der Waals surface area contributed by atoms with Gasteiger partial charge in [-0.1, -0.05) is 6.92 Å². The first kappa shape index (κ1) is 24.0. The number of carbonyl (C=O) groups is 3. The van der Waals surface area contributed by atoms with Crippen molar-refractivity contribution in [2.45, 2.75) is 77.9 Å². The summed E-state index contributed by atoms with van der Waals surface area (Å²) >= 11 is 0. The van der Waals surface area contributed by atoms with Crippen LogP contribution in [0.4, 0.5) is 10.6 Å². The molecule has 0 aromatic carbocycles. The highest BCUT2D eigenvalue weighted by Gasteiger charge is 2.34. The van der Waals surface area contributed by atoms with Crippen molar-refractivity contribution in [2.24, 2.45) is 11.8 Å². The van der Waals surface area contributed by atoms with Crippen LogP contribution in [0.25, 0.3) is 0 Å². The predicted molar refractivity (Wildman–Crippen MR) is 120 cm³/mol. The zero-order valence-electron chi connectivity index (χ0n) is 19.5. The fourth-order valence-corrected chi connectivity index (χ4v) is 4.19. The van der Waals surface area contributed by atoms with Crippen molar-refractivity contribution in [3.05, 3.63) is 23.9 Å². The third-order valence-corrected chi connectivity index (χ3v) is 6.10. The van der Waals surface area contributed by atoms with Crippen LogP contribution in [0.5, 0.6) is 0 Å². The Labute approximate surface area is 189 Å². The molecule has 8 heteroatoms. The Morgan fingerprint density at radius 1 is 1.31 bits per heavy atom. The lowest BCUT2D eigenvalue weighted by molar-refractivity contribution is -0.148. The molecular weight excluding hydrogens is 410 g/mol. The second-order valence-electron chi connectivity index (χ2n) is 10.0. The predicted octanol–water partition coefficient (Wildman–Crippen LogP) is 3.88. The molecule has 2 aliphatic rings. The normalized spacial score (nSPS) is 22.5. The van der Waals surface area contributed by atoms with Gasteiger partial charge in [0.15, 0.2) is 0 Å². The molecule has 3 atom stereocenters. The smallest absolute Gasteiger partial charge is 0.416 e. The van der Waals surface area contributed by atoms with E-state index in [1.165, 1.54) is 16.2 Å². The van der Waals surface area contributed by atoms with Crippen LogP contribution in [-0.2, 0) is 20.7 Å². The molecular formula is C24H35N3O5. The molecule has 2 heterocycles. The standard InChI is InChI=1S/C24H35N3O5/c1-16-13-18(16)14-17-9-10-25-20(15-17)27(23(31)32-24(2,3)4)12-6-8-21(28)26-11-5-7-19(26)22(29)30/h9-10,15-16,18-19H,5-8,11-14H2,1-4H3,(H,29,30)/t16?,18-,19-/m1/s1. The third-order valence-electron chi connectivity index (χ3n) is 6.10. The van der Waals surface area contributed by atoms with Crippen LogP contribution in [0.3, 0.4) is 0 Å². The minimum Gasteiger partial charge on any atom is -0.480 e. The van der Waals surface area contributed by atoms with Gasteiger partial charge < -0.3 is 14.7 Å². The van der Waals surface area contributed by atoms with Crippen molar-refractivity contribution in [1.82, 2.24) is 9.88 Å². The number of hydrogen-bond acceptors (Lipinski definition) is 5. The zero-order valence-corrected chi connectivity index (χ0v) is 19.5. The van der Waals surface area contributed by atoms with Crippen LogP contribution < -0.4 is 4.90 Å². The van der Waals surface area contributed by atoms with E-state index in [2.05, 4.69) is 11.9 Å². The quantitative estimate of drug-likeness (QED) is 0.652. The van der Waals surface area contributed by atoms with Gasteiger partial charge in [-0.25, -0.2) is 14.6 Å². The van der Waals surface area contributed by atoms with Crippen molar-refractivity contribution in [2.75, 3.05) is 18.0 Å². The zero-order chi connectivity index (χ0) is 23.5. The molecule has 1 aliphatic carbocycles. The van der Waals surface area contributed by atoms with Crippen LogP contribution in [0.2, 0.25) is 0 Å². The number of carboxylic acids is 1. The van der Waals surface area contributed by atoms with Crippen molar-refractivity contribution in [3.8, 4) is 0 Å². The molecule has 1 aliphatic heterocycles. The van der Waals surface area contributed by atoms with E-state index in [0.29, 0.717) is 37.5 Å². The van der Waals surface area contributed by atoms with E-state index in [9.17, 15) is 19.5 Å². The summed E-state index contributed by atoms with van der Waals surface area (Å²) in [5, 5.41) is 9.31. The number of aromatic nitrogens is 1. The summed E-state index contributed by atoms with van der Waals surface area (Å²) in [5.41, 5.74) is 0.478. The molecule has 1 saturated carbocycles. The molecule has 3 rings (SSSR count). The molecule has 2 fully saturated rings. The molecule has 0 radical (unpaired) electrons. The monoisotopic (exact) mass is 445 g/mol. The van der Waals surface area contributed by atoms with Crippen molar-refractivity contribution < 1.29 is 24.2 Å². The number of pyridine rings is 1. The van der Waals surface area contributed by atoms with Crippen molar-refractivity contribution >= 4 is 23.8 Å². The van der Waals surface area contributed by atoms with E-state index >= 15 is 0 Å². The number of anilines is 1. The molecule has 0 spiro atoms. The Morgan fingerprint density at radius 3 is 2.66 bits per heavy atom. The number of amides is 2. The number of nitrogens with zero attached hydrogens (tertiary/aromatic N) is 3. The molecule has 0 bridgehead atoms. The molecule has 1 unspecified atom stereocenters. The molecule has 1 N–H and O–H groups in total. The van der Waals surface area contributed by atoms with Gasteiger partial charge in [0.2, 0.25) is 5.91 Å². The molecule has 32 heavy (non-hydrogen) atoms. The highest BCUT2D eigenvalue weighted by atomic mass is 16.6. The first-order valence-electron chi connectivity index (χ1n) is 11.5. The number of likely N-dealkylation sites (tertiary alicyclic amines) is 1. The summed E-state index contributed by atoms with van der Waals surface area (Å²) in [6.45, 7) is 8.41. The Kier molecular flexibility index (Phi) is 7.41. The average molecular weight is 446 g/mol. The van der Waals surface area contributed by atoms with Crippen LogP contribution >= 0.6 is 0 Å². The maximum absolute atomic E-state index is 12.9. The maximum Gasteiger partial charge on any atom is 0.416 e. The summed E-state index contributed by atoms with van der Waals surface area (Å²) in [7, 11) is 0. The maximum atomic E-state index is 12.9. The SMILES string of the molecule is CC1C[C@@H]1Cc1ccnc(N(CCCC(=O)N2CCC[C@@H]2C(=O)O)C(=O)OC(C)(C)C)c1. The highest BCUT2D eigenvalue weighted by molar-refractivity contribution is 5.87. The summed E-state index contributed by atoms with van der Waals surface area (Å²) in [6, 6.07) is 3.16. The van der Waals surface area contributed by atoms with Gasteiger partial charge >= 0.3 is 12.1 Å². The van der Waals surface area contributed by atoms with Gasteiger partial charge in [0.05, 0.1) is 0 Å². The van der Waals surface area contributed by atoms with Gasteiger partial charge in [-0.15, -0.1) is 0 Å². The van der Waals surface area contributed by atoms with Gasteiger partial charge in [-0.2, -0.15) is 0 Å². The number of aliphatic carboxylic acids is 1. The van der Waals surface area contributed by atoms with Gasteiger partial charge in [-0.3, -0.25) is 9.69 Å². The van der Waals surface area contributed by atoms with E-state index in [1.807, 2.05) is 32.9 Å². The van der Waals surface area contributed by atoms with Gasteiger partial charge in [0.1, 0.15) is 17.5 Å². The lowest BCUT2D eigenvalue weighted by atomic mass is 10.1. The molecule has 2 amide bonds. The number of rotatable bonds is 8. The summed E-state index contributed by atoms with van der Waals surface area (Å²) < 4.78 is 5.58. The summed E-state index contributed by atoms with van der Waals surface area (Å²) in [5.74, 6) is 0.781. The molecule has 1 aromatic rings. The second-order valence-corrected chi connectivity index (χ2v) is 10.0. The number of ether oxygens (including phenoxy) is 1. The number of hydrogen-bond donors (Lipinski definition) is 1. The van der Waals surface area contributed by atoms with Crippen molar-refractivity contribution in [3.63, 3.8) is 0 Å². The molecule has 1 saturated heterocycles. The molecule has 1 aromatic heterocycles. The lowest BCUT2D eigenvalue weighted by Gasteiger charge is -2.27. The first-order chi connectivity index (χ1) is 15.0. The minimum absolute atomic E-state index is 0.169. The average Bonchev–Trinajstić information content (AvgIpc) is 3.17. The van der Waals surface area contributed by atoms with E-state index in [-0.39, 0.29) is 18.9 Å². The Morgan fingerprint density at radius 2 is 2.03 bits per heavy atom. The van der Waals surface area contributed by atoms with E-state index < -0.39 is 23.7 Å². The third kappa shape index (κ3) is 6.43. The Balaban J connectivity index is 1.67. The second kappa shape index (κ2) is 9.88. The van der Waals surface area contributed by atoms with E-state index in [0.717, 1.165) is 17.9 Å². The van der Waals surface area contributed by atoms with E-state index in [4.69, 9.17) is 4.74 Å². The topological polar surface area (TPSA) is 100 Å². The Hall–Kier alpha value is -2.64. The van der Waals surface area contributed by atoms with Crippen LogP contribution in [0, 0.1) is 11.8 Å². The first-order valence-corrected chi connectivity index (χ1v) is 11.5. The Bertz CT molecular complexity index is 850. The van der Waals surface area contributed by atoms with Gasteiger partial charge in [0.25, 0.3) is 0 Å². The highest BCUT2D eigenvalue weighted by Crippen LogP contribution is 2.40. The van der Waals surface area contributed by atoms with Crippen LogP contribution in [-0.4, -0.2) is 57.7 Å². The summed E-state index contributed by atoms with van der Waals surface area (Å²) in [6.07, 6.45) is 5.15. The minimum atomic E-state index is -0.961. The van der Waals surface area contributed by atoms with Gasteiger partial charge in [0, 0.05) is 25.7 Å². The fraction of sp³-hybridized carbons (Fsp3) is 0.667. The fourth-order valence-electron chi connectivity index (χ4n) is 4.19. The lowest BCUT2D eigenvalue weighted by Crippen LogP contribution is -2.41. The van der Waals surface area contributed by atoms with Crippen molar-refractivity contribution in [1.29, 1.82) is 0 Å². The summed E-state index contributed by atoms with van der Waals surface area (Å²) in [4.78, 5) is 44.2. The van der Waals surface area contributed by atoms with Crippen LogP contribution in [0.15, 0.2) is 18.3 Å². The van der Waals surface area contributed by atoms with E-state index in [1.54, 1.807) is 6.20 Å². The number of carbonyl (C=O) groups excluding carboxylic acids is 2. The molecule has 8 nitrogen and oxygen atoms in total.